The third kappa shape index (κ3) is 4.04. The third-order valence-electron chi connectivity index (χ3n) is 4.47. The SMILES string of the molecule is O=C(Nc1ccc(OC(=O)C2CC2c2ccccc2Cl)cc1)c1cccs1. The van der Waals surface area contributed by atoms with Gasteiger partial charge in [-0.25, -0.2) is 0 Å². The number of halogens is 1. The van der Waals surface area contributed by atoms with Gasteiger partial charge >= 0.3 is 5.97 Å². The number of carbonyl (C=O) groups is 2. The Labute approximate surface area is 165 Å². The van der Waals surface area contributed by atoms with Gasteiger partial charge in [0, 0.05) is 10.7 Å². The number of hydrogen-bond acceptors (Lipinski definition) is 4. The first kappa shape index (κ1) is 17.8. The summed E-state index contributed by atoms with van der Waals surface area (Å²) in [6.07, 6.45) is 0.748. The average molecular weight is 398 g/mol. The maximum Gasteiger partial charge on any atom is 0.314 e. The lowest BCUT2D eigenvalue weighted by Crippen LogP contribution is -2.12. The standard InChI is InChI=1S/C21H16ClNO3S/c22-18-5-2-1-4-15(18)16-12-17(16)21(25)26-14-9-7-13(8-10-14)23-20(24)19-6-3-11-27-19/h1-11,16-17H,12H2,(H,23,24). The molecule has 2 aromatic carbocycles. The summed E-state index contributed by atoms with van der Waals surface area (Å²) >= 11 is 7.58. The van der Waals surface area contributed by atoms with Gasteiger partial charge in [-0.15, -0.1) is 11.3 Å². The largest absolute Gasteiger partial charge is 0.426 e. The Morgan fingerprint density at radius 1 is 1.04 bits per heavy atom. The molecule has 27 heavy (non-hydrogen) atoms. The first-order valence-corrected chi connectivity index (χ1v) is 9.78. The van der Waals surface area contributed by atoms with Gasteiger partial charge < -0.3 is 10.1 Å². The van der Waals surface area contributed by atoms with Crippen molar-refractivity contribution in [3.8, 4) is 5.75 Å². The second-order valence-corrected chi connectivity index (χ2v) is 7.70. The Morgan fingerprint density at radius 3 is 2.52 bits per heavy atom. The number of esters is 1. The zero-order valence-corrected chi connectivity index (χ0v) is 15.8. The Balaban J connectivity index is 1.34. The number of ether oxygens (including phenoxy) is 1. The first-order valence-electron chi connectivity index (χ1n) is 8.53. The number of nitrogens with one attached hydrogen (secondary N) is 1. The molecule has 4 rings (SSSR count). The highest BCUT2D eigenvalue weighted by Crippen LogP contribution is 2.50. The van der Waals surface area contributed by atoms with Crippen molar-refractivity contribution in [1.82, 2.24) is 0 Å². The second-order valence-electron chi connectivity index (χ2n) is 6.35. The number of anilines is 1. The van der Waals surface area contributed by atoms with E-state index in [-0.39, 0.29) is 23.7 Å². The Bertz CT molecular complexity index is 969. The van der Waals surface area contributed by atoms with E-state index < -0.39 is 0 Å². The van der Waals surface area contributed by atoms with E-state index in [4.69, 9.17) is 16.3 Å². The van der Waals surface area contributed by atoms with Crippen molar-refractivity contribution < 1.29 is 14.3 Å². The molecule has 6 heteroatoms. The molecule has 1 N–H and O–H groups in total. The monoisotopic (exact) mass is 397 g/mol. The van der Waals surface area contributed by atoms with Crippen LogP contribution in [-0.4, -0.2) is 11.9 Å². The van der Waals surface area contributed by atoms with E-state index in [0.29, 0.717) is 21.3 Å². The summed E-state index contributed by atoms with van der Waals surface area (Å²) in [5, 5.41) is 5.35. The van der Waals surface area contributed by atoms with Crippen molar-refractivity contribution in [2.24, 2.45) is 5.92 Å². The van der Waals surface area contributed by atoms with Gasteiger partial charge in [0.05, 0.1) is 10.8 Å². The Hall–Kier alpha value is -2.63. The topological polar surface area (TPSA) is 55.4 Å². The van der Waals surface area contributed by atoms with Crippen LogP contribution in [0.3, 0.4) is 0 Å². The van der Waals surface area contributed by atoms with Gasteiger partial charge in [0.25, 0.3) is 5.91 Å². The molecule has 3 aromatic rings. The summed E-state index contributed by atoms with van der Waals surface area (Å²) in [5.74, 6) is 0.00296. The lowest BCUT2D eigenvalue weighted by molar-refractivity contribution is -0.135. The zero-order chi connectivity index (χ0) is 18.8. The predicted molar refractivity (Wildman–Crippen MR) is 107 cm³/mol. The highest BCUT2D eigenvalue weighted by molar-refractivity contribution is 7.12. The molecule has 0 bridgehead atoms. The minimum atomic E-state index is -0.254. The predicted octanol–water partition coefficient (Wildman–Crippen LogP) is 5.36. The first-order chi connectivity index (χ1) is 13.1. The fourth-order valence-electron chi connectivity index (χ4n) is 2.97. The average Bonchev–Trinajstić information content (AvgIpc) is 3.27. The van der Waals surface area contributed by atoms with E-state index in [1.165, 1.54) is 11.3 Å². The van der Waals surface area contributed by atoms with Gasteiger partial charge in [0.2, 0.25) is 0 Å². The number of benzene rings is 2. The van der Waals surface area contributed by atoms with Gasteiger partial charge in [-0.3, -0.25) is 9.59 Å². The molecule has 0 radical (unpaired) electrons. The van der Waals surface area contributed by atoms with E-state index in [9.17, 15) is 9.59 Å². The van der Waals surface area contributed by atoms with Crippen LogP contribution in [0.1, 0.15) is 27.6 Å². The normalized spacial score (nSPS) is 18.0. The fourth-order valence-corrected chi connectivity index (χ4v) is 3.87. The quantitative estimate of drug-likeness (QED) is 0.465. The maximum absolute atomic E-state index is 12.4. The van der Waals surface area contributed by atoms with Crippen LogP contribution in [0.5, 0.6) is 5.75 Å². The van der Waals surface area contributed by atoms with Gasteiger partial charge in [0.15, 0.2) is 0 Å². The van der Waals surface area contributed by atoms with E-state index in [2.05, 4.69) is 5.32 Å². The highest BCUT2D eigenvalue weighted by Gasteiger charge is 2.46. The van der Waals surface area contributed by atoms with E-state index in [1.807, 2.05) is 35.7 Å². The van der Waals surface area contributed by atoms with Crippen LogP contribution in [0.15, 0.2) is 66.0 Å². The molecule has 1 aliphatic rings. The molecule has 0 spiro atoms. The van der Waals surface area contributed by atoms with E-state index in [0.717, 1.165) is 12.0 Å². The molecule has 1 aromatic heterocycles. The number of amides is 1. The van der Waals surface area contributed by atoms with Gasteiger partial charge in [0.1, 0.15) is 5.75 Å². The number of hydrogen-bond donors (Lipinski definition) is 1. The summed E-state index contributed by atoms with van der Waals surface area (Å²) in [6.45, 7) is 0. The van der Waals surface area contributed by atoms with Crippen LogP contribution >= 0.6 is 22.9 Å². The fraction of sp³-hybridized carbons (Fsp3) is 0.143. The lowest BCUT2D eigenvalue weighted by atomic mass is 10.1. The smallest absolute Gasteiger partial charge is 0.314 e. The number of rotatable bonds is 5. The number of carbonyl (C=O) groups excluding carboxylic acids is 2. The lowest BCUT2D eigenvalue weighted by Gasteiger charge is -2.07. The number of thiophene rings is 1. The van der Waals surface area contributed by atoms with Crippen LogP contribution in [0.25, 0.3) is 0 Å². The molecular formula is C21H16ClNO3S. The summed E-state index contributed by atoms with van der Waals surface area (Å²) in [6, 6.07) is 18.0. The van der Waals surface area contributed by atoms with Crippen molar-refractivity contribution in [3.05, 3.63) is 81.5 Å². The minimum Gasteiger partial charge on any atom is -0.426 e. The molecule has 1 fully saturated rings. The van der Waals surface area contributed by atoms with Crippen molar-refractivity contribution in [2.75, 3.05) is 5.32 Å². The van der Waals surface area contributed by atoms with Crippen molar-refractivity contribution in [2.45, 2.75) is 12.3 Å². The van der Waals surface area contributed by atoms with Crippen LogP contribution in [-0.2, 0) is 4.79 Å². The minimum absolute atomic E-state index is 0.121. The van der Waals surface area contributed by atoms with Crippen LogP contribution < -0.4 is 10.1 Å². The van der Waals surface area contributed by atoms with Gasteiger partial charge in [-0.2, -0.15) is 0 Å². The Kier molecular flexibility index (Phi) is 4.97. The zero-order valence-electron chi connectivity index (χ0n) is 14.2. The van der Waals surface area contributed by atoms with Crippen molar-refractivity contribution in [3.63, 3.8) is 0 Å². The summed E-state index contributed by atoms with van der Waals surface area (Å²) in [4.78, 5) is 25.0. The second kappa shape index (κ2) is 7.55. The molecule has 4 nitrogen and oxygen atoms in total. The Morgan fingerprint density at radius 2 is 1.81 bits per heavy atom. The van der Waals surface area contributed by atoms with E-state index >= 15 is 0 Å². The molecule has 0 saturated heterocycles. The molecule has 2 unspecified atom stereocenters. The molecule has 1 amide bonds. The van der Waals surface area contributed by atoms with Crippen molar-refractivity contribution >= 4 is 40.5 Å². The molecule has 1 saturated carbocycles. The highest BCUT2D eigenvalue weighted by atomic mass is 35.5. The molecule has 0 aliphatic heterocycles. The molecular weight excluding hydrogens is 382 g/mol. The maximum atomic E-state index is 12.4. The van der Waals surface area contributed by atoms with Crippen LogP contribution in [0.4, 0.5) is 5.69 Å². The summed E-state index contributed by atoms with van der Waals surface area (Å²) in [7, 11) is 0. The molecule has 1 aliphatic carbocycles. The molecule has 1 heterocycles. The summed E-state index contributed by atoms with van der Waals surface area (Å²) < 4.78 is 5.47. The molecule has 136 valence electrons. The summed E-state index contributed by atoms with van der Waals surface area (Å²) in [5.41, 5.74) is 1.64. The van der Waals surface area contributed by atoms with Crippen LogP contribution in [0, 0.1) is 5.92 Å². The third-order valence-corrected chi connectivity index (χ3v) is 5.69. The van der Waals surface area contributed by atoms with Crippen LogP contribution in [0.2, 0.25) is 5.02 Å². The molecule has 2 atom stereocenters. The van der Waals surface area contributed by atoms with Gasteiger partial charge in [-0.05, 0) is 59.7 Å². The van der Waals surface area contributed by atoms with Gasteiger partial charge in [-0.1, -0.05) is 35.9 Å². The van der Waals surface area contributed by atoms with Crippen molar-refractivity contribution in [1.29, 1.82) is 0 Å². The van der Waals surface area contributed by atoms with E-state index in [1.54, 1.807) is 30.3 Å².